The molecule has 214 valence electrons. The molecule has 0 aromatic rings. The van der Waals surface area contributed by atoms with Gasteiger partial charge < -0.3 is 0 Å². The van der Waals surface area contributed by atoms with Crippen molar-refractivity contribution < 1.29 is 0 Å². The molecule has 0 heteroatoms. The van der Waals surface area contributed by atoms with Gasteiger partial charge in [0.1, 0.15) is 0 Å². The van der Waals surface area contributed by atoms with Crippen LogP contribution in [-0.2, 0) is 0 Å². The third kappa shape index (κ3) is 11.2. The van der Waals surface area contributed by atoms with Gasteiger partial charge in [0.2, 0.25) is 0 Å². The predicted molar refractivity (Wildman–Crippen MR) is 181 cm³/mol. The summed E-state index contributed by atoms with van der Waals surface area (Å²) in [6, 6.07) is 0. The molecular weight excluding hydrogens is 480 g/mol. The number of rotatable bonds is 10. The SMILES string of the molecule is CC(C=CC=C(C)C=CC1=C(C)C=CCC1(C)C)=CC=CC=C(C)C=CC=C(C)C=CC1=C(C)CCCC1(C)C. The Bertz CT molecular complexity index is 1260. The number of allylic oxidation sites excluding steroid dienone is 24. The molecule has 0 radical (unpaired) electrons. The highest BCUT2D eigenvalue weighted by Crippen LogP contribution is 2.41. The summed E-state index contributed by atoms with van der Waals surface area (Å²) >= 11 is 0. The Morgan fingerprint density at radius 3 is 1.60 bits per heavy atom. The smallest absolute Gasteiger partial charge is 0.00664 e. The van der Waals surface area contributed by atoms with Crippen molar-refractivity contribution >= 4 is 0 Å². The van der Waals surface area contributed by atoms with Crippen LogP contribution in [0.2, 0.25) is 0 Å². The molecule has 0 fully saturated rings. The van der Waals surface area contributed by atoms with Crippen LogP contribution in [0.15, 0.2) is 142 Å². The highest BCUT2D eigenvalue weighted by Gasteiger charge is 2.26. The Balaban J connectivity index is 1.89. The van der Waals surface area contributed by atoms with Crippen LogP contribution in [0.25, 0.3) is 0 Å². The van der Waals surface area contributed by atoms with Gasteiger partial charge >= 0.3 is 0 Å². The molecule has 0 atom stereocenters. The third-order valence-corrected chi connectivity index (χ3v) is 7.98. The molecule has 0 N–H and O–H groups in total. The van der Waals surface area contributed by atoms with Crippen LogP contribution in [-0.4, -0.2) is 0 Å². The fraction of sp³-hybridized carbons (Fsp3) is 0.400. The van der Waals surface area contributed by atoms with E-state index in [1.807, 2.05) is 0 Å². The van der Waals surface area contributed by atoms with Gasteiger partial charge in [0.25, 0.3) is 0 Å². The maximum Gasteiger partial charge on any atom is -0.00664 e. The second-order valence-corrected chi connectivity index (χ2v) is 12.9. The summed E-state index contributed by atoms with van der Waals surface area (Å²) in [5.74, 6) is 0. The van der Waals surface area contributed by atoms with E-state index in [1.54, 1.807) is 5.57 Å². The maximum absolute atomic E-state index is 2.37. The van der Waals surface area contributed by atoms with Crippen LogP contribution in [0.4, 0.5) is 0 Å². The van der Waals surface area contributed by atoms with Crippen molar-refractivity contribution in [3.8, 4) is 0 Å². The first-order chi connectivity index (χ1) is 18.8. The molecule has 0 unspecified atom stereocenters. The van der Waals surface area contributed by atoms with Crippen molar-refractivity contribution in [1.82, 2.24) is 0 Å². The average Bonchev–Trinajstić information content (AvgIpc) is 2.85. The molecule has 0 heterocycles. The molecule has 0 nitrogen and oxygen atoms in total. The van der Waals surface area contributed by atoms with Crippen molar-refractivity contribution in [2.75, 3.05) is 0 Å². The summed E-state index contributed by atoms with van der Waals surface area (Å²) in [4.78, 5) is 0. The van der Waals surface area contributed by atoms with Gasteiger partial charge in [0.15, 0.2) is 0 Å². The van der Waals surface area contributed by atoms with Crippen LogP contribution >= 0.6 is 0 Å². The Labute approximate surface area is 247 Å². The molecule has 0 saturated heterocycles. The molecule has 0 saturated carbocycles. The normalized spacial score (nSPS) is 21.6. The van der Waals surface area contributed by atoms with Crippen molar-refractivity contribution in [2.24, 2.45) is 10.8 Å². The van der Waals surface area contributed by atoms with E-state index in [0.717, 1.165) is 6.42 Å². The zero-order valence-electron chi connectivity index (χ0n) is 27.1. The summed E-state index contributed by atoms with van der Waals surface area (Å²) < 4.78 is 0. The summed E-state index contributed by atoms with van der Waals surface area (Å²) in [7, 11) is 0. The van der Waals surface area contributed by atoms with Crippen molar-refractivity contribution in [3.63, 3.8) is 0 Å². The highest BCUT2D eigenvalue weighted by molar-refractivity contribution is 5.42. The molecule has 0 aromatic heterocycles. The summed E-state index contributed by atoms with van der Waals surface area (Å²) in [5, 5.41) is 0. The molecule has 0 spiro atoms. The van der Waals surface area contributed by atoms with Gasteiger partial charge in [0, 0.05) is 0 Å². The van der Waals surface area contributed by atoms with Crippen molar-refractivity contribution in [2.45, 2.75) is 94.9 Å². The summed E-state index contributed by atoms with van der Waals surface area (Å²) in [5.41, 5.74) is 11.3. The van der Waals surface area contributed by atoms with E-state index in [-0.39, 0.29) is 10.8 Å². The maximum atomic E-state index is 2.37. The first kappa shape index (κ1) is 33.1. The van der Waals surface area contributed by atoms with Gasteiger partial charge in [-0.05, 0) is 94.8 Å². The Morgan fingerprint density at radius 2 is 1.10 bits per heavy atom. The lowest BCUT2D eigenvalue weighted by Crippen LogP contribution is -2.19. The minimum Gasteiger partial charge on any atom is -0.0834 e. The van der Waals surface area contributed by atoms with Gasteiger partial charge in [-0.15, -0.1) is 0 Å². The molecule has 40 heavy (non-hydrogen) atoms. The molecule has 2 aliphatic rings. The molecule has 0 bridgehead atoms. The van der Waals surface area contributed by atoms with E-state index in [4.69, 9.17) is 0 Å². The zero-order valence-corrected chi connectivity index (χ0v) is 27.1. The Hall–Kier alpha value is -3.12. The minimum atomic E-state index is 0.204. The second kappa shape index (κ2) is 15.6. The van der Waals surface area contributed by atoms with Crippen LogP contribution in [0.3, 0.4) is 0 Å². The monoisotopic (exact) mass is 534 g/mol. The molecule has 0 amide bonds. The Morgan fingerprint density at radius 1 is 0.625 bits per heavy atom. The van der Waals surface area contributed by atoms with Crippen LogP contribution in [0, 0.1) is 10.8 Å². The Kier molecular flexibility index (Phi) is 12.9. The lowest BCUT2D eigenvalue weighted by molar-refractivity contribution is 0.377. The van der Waals surface area contributed by atoms with E-state index >= 15 is 0 Å². The quantitative estimate of drug-likeness (QED) is 0.244. The molecule has 0 aromatic carbocycles. The van der Waals surface area contributed by atoms with Crippen molar-refractivity contribution in [3.05, 3.63) is 142 Å². The van der Waals surface area contributed by atoms with E-state index in [2.05, 4.69) is 166 Å². The first-order valence-electron chi connectivity index (χ1n) is 15.0. The van der Waals surface area contributed by atoms with Crippen LogP contribution in [0.1, 0.15) is 94.9 Å². The van der Waals surface area contributed by atoms with Gasteiger partial charge in [-0.3, -0.25) is 0 Å². The second-order valence-electron chi connectivity index (χ2n) is 12.9. The van der Waals surface area contributed by atoms with E-state index in [9.17, 15) is 0 Å². The first-order valence-corrected chi connectivity index (χ1v) is 15.0. The summed E-state index contributed by atoms with van der Waals surface area (Å²) in [6.07, 6.45) is 40.0. The predicted octanol–water partition coefficient (Wildman–Crippen LogP) is 12.4. The molecule has 0 aliphatic heterocycles. The van der Waals surface area contributed by atoms with Gasteiger partial charge in [-0.25, -0.2) is 0 Å². The van der Waals surface area contributed by atoms with E-state index < -0.39 is 0 Å². The fourth-order valence-corrected chi connectivity index (χ4v) is 5.40. The van der Waals surface area contributed by atoms with Gasteiger partial charge in [-0.2, -0.15) is 0 Å². The van der Waals surface area contributed by atoms with Crippen LogP contribution < -0.4 is 0 Å². The lowest BCUT2D eigenvalue weighted by Gasteiger charge is -2.32. The third-order valence-electron chi connectivity index (χ3n) is 7.98. The van der Waals surface area contributed by atoms with E-state index in [1.165, 1.54) is 58.3 Å². The van der Waals surface area contributed by atoms with Gasteiger partial charge in [-0.1, -0.05) is 153 Å². The zero-order chi connectivity index (χ0) is 29.8. The molecular formula is C40H54. The molecule has 2 aliphatic carbocycles. The largest absolute Gasteiger partial charge is 0.0834 e. The standard InChI is InChI=1S/C40H54/c1-31(19-13-21-33(3)25-27-37-35(5)23-15-29-39(37,7)8)17-11-12-18-32(2)20-14-22-34(4)26-28-38-36(6)24-16-30-40(38,9)10/h11-15,17-23,25-28H,16,24,29-30H2,1-10H3. The lowest BCUT2D eigenvalue weighted by atomic mass is 9.72. The summed E-state index contributed by atoms with van der Waals surface area (Å²) in [6.45, 7) is 22.5. The number of hydrogen-bond donors (Lipinski definition) is 0. The van der Waals surface area contributed by atoms with E-state index in [0.29, 0.717) is 0 Å². The average molecular weight is 535 g/mol. The van der Waals surface area contributed by atoms with Crippen LogP contribution in [0.5, 0.6) is 0 Å². The number of hydrogen-bond acceptors (Lipinski definition) is 0. The topological polar surface area (TPSA) is 0 Å². The molecule has 2 rings (SSSR count). The highest BCUT2D eigenvalue weighted by atomic mass is 14.3. The van der Waals surface area contributed by atoms with Gasteiger partial charge in [0.05, 0.1) is 0 Å². The van der Waals surface area contributed by atoms with Crippen molar-refractivity contribution in [1.29, 1.82) is 0 Å². The minimum absolute atomic E-state index is 0.204. The fourth-order valence-electron chi connectivity index (χ4n) is 5.40.